The molecule has 3 heterocycles. The minimum absolute atomic E-state index is 0.00987. The van der Waals surface area contributed by atoms with Gasteiger partial charge in [-0.05, 0) is 83.6 Å². The summed E-state index contributed by atoms with van der Waals surface area (Å²) in [5.41, 5.74) is 0.700. The van der Waals surface area contributed by atoms with Gasteiger partial charge < -0.3 is 34.6 Å². The largest absolute Gasteiger partial charge is 0.455 e. The Kier molecular flexibility index (Phi) is 18.6. The molecule has 262 valence electrons. The molecule has 2 fully saturated rings. The van der Waals surface area contributed by atoms with Gasteiger partial charge in [0.05, 0.1) is 48.8 Å². The van der Waals surface area contributed by atoms with Gasteiger partial charge in [-0.2, -0.15) is 0 Å². The predicted molar refractivity (Wildman–Crippen MR) is 177 cm³/mol. The molecule has 0 aromatic carbocycles. The Bertz CT molecular complexity index is 833. The van der Waals surface area contributed by atoms with E-state index < -0.39 is 12.2 Å². The van der Waals surface area contributed by atoms with E-state index in [0.29, 0.717) is 24.8 Å². The van der Waals surface area contributed by atoms with Crippen molar-refractivity contribution in [3.05, 3.63) is 11.6 Å². The average Bonchev–Trinajstić information content (AvgIpc) is 3.77. The highest BCUT2D eigenvalue weighted by Crippen LogP contribution is 2.34. The molecule has 2 unspecified atom stereocenters. The highest BCUT2D eigenvalue weighted by molar-refractivity contribution is 5.90. The number of unbranched alkanes of at least 4 members (excludes halogenated alkanes) is 9. The zero-order valence-corrected chi connectivity index (χ0v) is 28.5. The predicted octanol–water partition coefficient (Wildman–Crippen LogP) is 6.83. The first-order valence-corrected chi connectivity index (χ1v) is 18.7. The Morgan fingerprint density at radius 3 is 1.60 bits per heavy atom. The van der Waals surface area contributed by atoms with Gasteiger partial charge in [-0.25, -0.2) is 4.79 Å². The van der Waals surface area contributed by atoms with E-state index in [9.17, 15) is 25.2 Å². The third-order valence-corrected chi connectivity index (χ3v) is 10.1. The molecule has 8 heteroatoms. The minimum Gasteiger partial charge on any atom is -0.455 e. The van der Waals surface area contributed by atoms with Crippen LogP contribution in [0.25, 0.3) is 0 Å². The fourth-order valence-corrected chi connectivity index (χ4v) is 7.27. The number of ether oxygens (including phenoxy) is 3. The monoisotopic (exact) mass is 638 g/mol. The lowest BCUT2D eigenvalue weighted by molar-refractivity contribution is -0.139. The molecule has 0 aromatic rings. The second-order valence-electron chi connectivity index (χ2n) is 14.2. The Hall–Kier alpha value is -1.03. The first kappa shape index (κ1) is 38.4. The van der Waals surface area contributed by atoms with Crippen LogP contribution in [0.2, 0.25) is 0 Å². The van der Waals surface area contributed by atoms with Crippen LogP contribution in [0.15, 0.2) is 11.6 Å². The average molecular weight is 639 g/mol. The number of esters is 1. The lowest BCUT2D eigenvalue weighted by atomic mass is 9.99. The molecule has 8 nitrogen and oxygen atoms in total. The lowest BCUT2D eigenvalue weighted by Crippen LogP contribution is -2.33. The first-order valence-electron chi connectivity index (χ1n) is 18.7. The number of hydrogen-bond acceptors (Lipinski definition) is 8. The van der Waals surface area contributed by atoms with Crippen LogP contribution < -0.4 is 0 Å². The molecule has 9 atom stereocenters. The van der Waals surface area contributed by atoms with Crippen molar-refractivity contribution in [3.63, 3.8) is 0 Å². The van der Waals surface area contributed by atoms with Gasteiger partial charge in [0.15, 0.2) is 0 Å². The van der Waals surface area contributed by atoms with Crippen molar-refractivity contribution < 1.29 is 39.4 Å². The molecule has 2 saturated heterocycles. The summed E-state index contributed by atoms with van der Waals surface area (Å²) in [5, 5.41) is 41.8. The molecule has 0 aromatic heterocycles. The summed E-state index contributed by atoms with van der Waals surface area (Å²) in [7, 11) is 0. The second kappa shape index (κ2) is 21.8. The number of rotatable bonds is 25. The molecule has 4 N–H and O–H groups in total. The van der Waals surface area contributed by atoms with Crippen molar-refractivity contribution in [3.8, 4) is 0 Å². The van der Waals surface area contributed by atoms with Crippen molar-refractivity contribution in [1.82, 2.24) is 0 Å². The summed E-state index contributed by atoms with van der Waals surface area (Å²) in [6.07, 6.45) is 21.8. The molecule has 3 aliphatic heterocycles. The number of hydrogen-bond donors (Lipinski definition) is 4. The quantitative estimate of drug-likeness (QED) is 0.0634. The maximum absolute atomic E-state index is 11.7. The van der Waals surface area contributed by atoms with Crippen LogP contribution in [0.3, 0.4) is 0 Å². The molecule has 3 rings (SSSR count). The van der Waals surface area contributed by atoms with Crippen molar-refractivity contribution >= 4 is 5.97 Å². The number of cyclic esters (lactones) is 1. The highest BCUT2D eigenvalue weighted by Gasteiger charge is 2.40. The standard InChI is InChI=1S/C37H66O8/c1-3-4-10-15-29(38)17-13-14-19-32(41)34-23-25-36(45-34)35-24-22-33(44-35)31(40)18-12-9-7-5-6-8-11-16-30(39)21-20-28-26-27(2)43-37(28)42/h26-27,29-36,38-41H,3-25H2,1-2H3/t27-,29?,30?,31-,32+,33-,34-,35-,36-/m1/s1. The normalized spacial score (nSPS) is 27.8. The van der Waals surface area contributed by atoms with Crippen molar-refractivity contribution in [1.29, 1.82) is 0 Å². The van der Waals surface area contributed by atoms with Gasteiger partial charge in [-0.1, -0.05) is 84.0 Å². The molecule has 45 heavy (non-hydrogen) atoms. The highest BCUT2D eigenvalue weighted by atomic mass is 16.6. The summed E-state index contributed by atoms with van der Waals surface area (Å²) in [6.45, 7) is 4.03. The summed E-state index contributed by atoms with van der Waals surface area (Å²) in [4.78, 5) is 11.7. The third kappa shape index (κ3) is 14.7. The van der Waals surface area contributed by atoms with Crippen LogP contribution in [0.5, 0.6) is 0 Å². The molecule has 0 aliphatic carbocycles. The van der Waals surface area contributed by atoms with Crippen LogP contribution in [0.1, 0.15) is 162 Å². The summed E-state index contributed by atoms with van der Waals surface area (Å²) < 4.78 is 17.6. The Morgan fingerprint density at radius 2 is 1.09 bits per heavy atom. The van der Waals surface area contributed by atoms with Gasteiger partial charge >= 0.3 is 5.97 Å². The lowest BCUT2D eigenvalue weighted by Gasteiger charge is -2.24. The van der Waals surface area contributed by atoms with Crippen molar-refractivity contribution in [2.24, 2.45) is 0 Å². The fourth-order valence-electron chi connectivity index (χ4n) is 7.27. The van der Waals surface area contributed by atoms with E-state index in [1.165, 1.54) is 19.3 Å². The van der Waals surface area contributed by atoms with Crippen LogP contribution in [0.4, 0.5) is 0 Å². The Labute approximate surface area is 273 Å². The van der Waals surface area contributed by atoms with Crippen molar-refractivity contribution in [2.75, 3.05) is 0 Å². The molecule has 0 bridgehead atoms. The summed E-state index contributed by atoms with van der Waals surface area (Å²) in [6, 6.07) is 0. The van der Waals surface area contributed by atoms with E-state index >= 15 is 0 Å². The summed E-state index contributed by atoms with van der Waals surface area (Å²) >= 11 is 0. The molecular formula is C37H66O8. The summed E-state index contributed by atoms with van der Waals surface area (Å²) in [5.74, 6) is -0.237. The number of aliphatic hydroxyl groups is 4. The topological polar surface area (TPSA) is 126 Å². The number of aliphatic hydroxyl groups excluding tert-OH is 4. The van der Waals surface area contributed by atoms with Gasteiger partial charge in [0.25, 0.3) is 0 Å². The zero-order valence-electron chi connectivity index (χ0n) is 28.5. The van der Waals surface area contributed by atoms with Gasteiger partial charge in [-0.15, -0.1) is 0 Å². The first-order chi connectivity index (χ1) is 21.8. The van der Waals surface area contributed by atoms with E-state index in [2.05, 4.69) is 6.92 Å². The fraction of sp³-hybridized carbons (Fsp3) is 0.919. The van der Waals surface area contributed by atoms with E-state index in [-0.39, 0.29) is 48.7 Å². The van der Waals surface area contributed by atoms with Crippen molar-refractivity contribution in [2.45, 2.75) is 216 Å². The molecule has 0 spiro atoms. The Balaban J connectivity index is 1.14. The van der Waals surface area contributed by atoms with Crippen LogP contribution in [-0.4, -0.2) is 81.3 Å². The SMILES string of the molecule is CCCCCC(O)CCCC[C@H](O)[C@H]1CC[C@H]([C@H]2CC[C@H]([C@H](O)CCCCCCCCCC(O)CCC3=C[C@@H](C)OC3=O)O2)O1. The van der Waals surface area contributed by atoms with E-state index in [4.69, 9.17) is 14.2 Å². The van der Waals surface area contributed by atoms with Crippen LogP contribution in [0, 0.1) is 0 Å². The van der Waals surface area contributed by atoms with Crippen LogP contribution >= 0.6 is 0 Å². The van der Waals surface area contributed by atoms with Gasteiger partial charge in [0, 0.05) is 5.57 Å². The molecule has 0 saturated carbocycles. The van der Waals surface area contributed by atoms with Crippen LogP contribution in [-0.2, 0) is 19.0 Å². The third-order valence-electron chi connectivity index (χ3n) is 10.1. The number of carbonyl (C=O) groups excluding carboxylic acids is 1. The van der Waals surface area contributed by atoms with Gasteiger partial charge in [-0.3, -0.25) is 0 Å². The van der Waals surface area contributed by atoms with E-state index in [0.717, 1.165) is 109 Å². The second-order valence-corrected chi connectivity index (χ2v) is 14.2. The smallest absolute Gasteiger partial charge is 0.334 e. The maximum Gasteiger partial charge on any atom is 0.334 e. The minimum atomic E-state index is -0.459. The molecule has 0 amide bonds. The van der Waals surface area contributed by atoms with Gasteiger partial charge in [0.1, 0.15) is 6.10 Å². The number of carbonyl (C=O) groups is 1. The molecule has 0 radical (unpaired) electrons. The molecular weight excluding hydrogens is 572 g/mol. The molecule has 3 aliphatic rings. The van der Waals surface area contributed by atoms with E-state index in [1.807, 2.05) is 13.0 Å². The van der Waals surface area contributed by atoms with E-state index in [1.54, 1.807) is 0 Å². The van der Waals surface area contributed by atoms with Gasteiger partial charge in [0.2, 0.25) is 0 Å². The maximum atomic E-state index is 11.7. The Morgan fingerprint density at radius 1 is 0.644 bits per heavy atom. The zero-order chi connectivity index (χ0) is 32.4.